The molecule has 1 atom stereocenters. The fraction of sp³-hybridized carbons (Fsp3) is 0.273. The molecule has 1 aliphatic rings. The number of amides is 1. The Bertz CT molecular complexity index is 1270. The van der Waals surface area contributed by atoms with Gasteiger partial charge >= 0.3 is 0 Å². The Morgan fingerprint density at radius 2 is 2.03 bits per heavy atom. The molecule has 162 valence electrons. The van der Waals surface area contributed by atoms with Crippen molar-refractivity contribution in [2.24, 2.45) is 0 Å². The Balaban J connectivity index is 1.56. The summed E-state index contributed by atoms with van der Waals surface area (Å²) < 4.78 is 31.0. The quantitative estimate of drug-likeness (QED) is 0.623. The molecular weight excluding hydrogens is 434 g/mol. The fourth-order valence-corrected chi connectivity index (χ4v) is 5.86. The number of carbonyl (C=O) groups excluding carboxylic acids is 1. The maximum atomic E-state index is 12.8. The van der Waals surface area contributed by atoms with Crippen LogP contribution in [0.1, 0.15) is 28.4 Å². The molecule has 0 aliphatic carbocycles. The Morgan fingerprint density at radius 1 is 1.26 bits per heavy atom. The summed E-state index contributed by atoms with van der Waals surface area (Å²) in [5.74, 6) is 0.433. The maximum absolute atomic E-state index is 12.8. The molecule has 2 aromatic carbocycles. The number of ether oxygens (including phenoxy) is 1. The first kappa shape index (κ1) is 21.3. The predicted octanol–water partition coefficient (Wildman–Crippen LogP) is 4.09. The van der Waals surface area contributed by atoms with Gasteiger partial charge in [0.05, 0.1) is 24.7 Å². The van der Waals surface area contributed by atoms with Crippen LogP contribution >= 0.6 is 11.3 Å². The number of anilines is 2. The van der Waals surface area contributed by atoms with Gasteiger partial charge in [-0.15, -0.1) is 11.3 Å². The number of carbonyl (C=O) groups is 1. The number of hydrogen-bond donors (Lipinski definition) is 1. The topological polar surface area (TPSA) is 88.6 Å². The zero-order valence-electron chi connectivity index (χ0n) is 17.7. The van der Waals surface area contributed by atoms with Gasteiger partial charge in [-0.2, -0.15) is 0 Å². The SMILES string of the molecule is COc1ccc(C)cc1-c1csc(NC(=O)c2ccc3c(c2)C[C@H](C)N3S(C)(=O)=O)n1. The normalized spacial score (nSPS) is 15.6. The smallest absolute Gasteiger partial charge is 0.257 e. The van der Waals surface area contributed by atoms with E-state index in [2.05, 4.69) is 10.3 Å². The first-order valence-corrected chi connectivity index (χ1v) is 12.4. The van der Waals surface area contributed by atoms with E-state index in [-0.39, 0.29) is 11.9 Å². The minimum absolute atomic E-state index is 0.172. The summed E-state index contributed by atoms with van der Waals surface area (Å²) in [6, 6.07) is 10.8. The molecule has 0 radical (unpaired) electrons. The predicted molar refractivity (Wildman–Crippen MR) is 124 cm³/mol. The number of nitrogens with zero attached hydrogens (tertiary/aromatic N) is 2. The highest BCUT2D eigenvalue weighted by Gasteiger charge is 2.32. The average molecular weight is 458 g/mol. The second kappa shape index (κ2) is 7.97. The summed E-state index contributed by atoms with van der Waals surface area (Å²) in [5, 5.41) is 5.20. The third-order valence-electron chi connectivity index (χ3n) is 5.21. The largest absolute Gasteiger partial charge is 0.496 e. The third kappa shape index (κ3) is 4.15. The number of methoxy groups -OCH3 is 1. The lowest BCUT2D eigenvalue weighted by atomic mass is 10.1. The molecule has 9 heteroatoms. The van der Waals surface area contributed by atoms with E-state index in [9.17, 15) is 13.2 Å². The number of nitrogens with one attached hydrogen (secondary N) is 1. The number of aryl methyl sites for hydroxylation is 1. The zero-order chi connectivity index (χ0) is 22.3. The monoisotopic (exact) mass is 457 g/mol. The van der Waals surface area contributed by atoms with Gasteiger partial charge in [-0.1, -0.05) is 11.6 Å². The lowest BCUT2D eigenvalue weighted by Crippen LogP contribution is -2.34. The van der Waals surface area contributed by atoms with Gasteiger partial charge in [-0.05, 0) is 56.2 Å². The Morgan fingerprint density at radius 3 is 2.74 bits per heavy atom. The highest BCUT2D eigenvalue weighted by molar-refractivity contribution is 7.92. The molecule has 4 rings (SSSR count). The van der Waals surface area contributed by atoms with E-state index in [1.807, 2.05) is 37.4 Å². The molecule has 7 nitrogen and oxygen atoms in total. The van der Waals surface area contributed by atoms with Gasteiger partial charge in [0.25, 0.3) is 5.91 Å². The van der Waals surface area contributed by atoms with Crippen molar-refractivity contribution in [3.63, 3.8) is 0 Å². The van der Waals surface area contributed by atoms with Crippen molar-refractivity contribution < 1.29 is 17.9 Å². The lowest BCUT2D eigenvalue weighted by molar-refractivity contribution is 0.102. The Hall–Kier alpha value is -2.91. The summed E-state index contributed by atoms with van der Waals surface area (Å²) in [4.78, 5) is 17.3. The molecule has 2 heterocycles. The number of aromatic nitrogens is 1. The Labute approximate surface area is 185 Å². The standard InChI is InChI=1S/C22H23N3O4S2/c1-13-5-8-20(29-3)17(9-13)18-12-30-22(23-18)24-21(26)15-6-7-19-16(11-15)10-14(2)25(19)31(4,27)28/h5-9,11-12,14H,10H2,1-4H3,(H,23,24,26)/t14-/m0/s1. The highest BCUT2D eigenvalue weighted by Crippen LogP contribution is 2.36. The molecule has 3 aromatic rings. The summed E-state index contributed by atoms with van der Waals surface area (Å²) in [7, 11) is -1.75. The second-order valence-electron chi connectivity index (χ2n) is 7.65. The lowest BCUT2D eigenvalue weighted by Gasteiger charge is -2.21. The van der Waals surface area contributed by atoms with Crippen molar-refractivity contribution in [3.8, 4) is 17.0 Å². The van der Waals surface area contributed by atoms with Gasteiger partial charge in [0, 0.05) is 22.5 Å². The van der Waals surface area contributed by atoms with E-state index in [0.29, 0.717) is 22.8 Å². The van der Waals surface area contributed by atoms with Crippen LogP contribution < -0.4 is 14.4 Å². The maximum Gasteiger partial charge on any atom is 0.257 e. The summed E-state index contributed by atoms with van der Waals surface area (Å²) in [6.45, 7) is 3.86. The number of fused-ring (bicyclic) bond motifs is 1. The van der Waals surface area contributed by atoms with Gasteiger partial charge < -0.3 is 4.74 Å². The molecule has 0 saturated heterocycles. The minimum Gasteiger partial charge on any atom is -0.496 e. The number of rotatable bonds is 5. The first-order chi connectivity index (χ1) is 14.7. The van der Waals surface area contributed by atoms with Gasteiger partial charge in [0.1, 0.15) is 5.75 Å². The molecule has 0 fully saturated rings. The van der Waals surface area contributed by atoms with E-state index in [0.717, 1.165) is 28.1 Å². The minimum atomic E-state index is -3.37. The van der Waals surface area contributed by atoms with Crippen molar-refractivity contribution in [2.45, 2.75) is 26.3 Å². The van der Waals surface area contributed by atoms with Crippen molar-refractivity contribution in [3.05, 3.63) is 58.5 Å². The van der Waals surface area contributed by atoms with Crippen LogP contribution in [0.25, 0.3) is 11.3 Å². The molecule has 1 aliphatic heterocycles. The molecule has 1 aromatic heterocycles. The first-order valence-electron chi connectivity index (χ1n) is 9.71. The number of thiazole rings is 1. The third-order valence-corrected chi connectivity index (χ3v) is 7.24. The summed E-state index contributed by atoms with van der Waals surface area (Å²) in [6.07, 6.45) is 1.76. The van der Waals surface area contributed by atoms with Gasteiger partial charge in [0.15, 0.2) is 5.13 Å². The average Bonchev–Trinajstić information content (AvgIpc) is 3.30. The number of sulfonamides is 1. The zero-order valence-corrected chi connectivity index (χ0v) is 19.3. The molecule has 1 N–H and O–H groups in total. The van der Waals surface area contributed by atoms with Gasteiger partial charge in [-0.3, -0.25) is 14.4 Å². The molecule has 0 unspecified atom stereocenters. The van der Waals surface area contributed by atoms with E-state index >= 15 is 0 Å². The van der Waals surface area contributed by atoms with E-state index < -0.39 is 10.0 Å². The Kier molecular flexibility index (Phi) is 5.49. The second-order valence-corrected chi connectivity index (χ2v) is 10.4. The molecule has 0 spiro atoms. The molecule has 0 saturated carbocycles. The van der Waals surface area contributed by atoms with Gasteiger partial charge in [0.2, 0.25) is 10.0 Å². The summed E-state index contributed by atoms with van der Waals surface area (Å²) in [5.41, 5.74) is 4.62. The van der Waals surface area contributed by atoms with Crippen LogP contribution in [-0.4, -0.2) is 38.7 Å². The van der Waals surface area contributed by atoms with E-state index in [1.165, 1.54) is 21.9 Å². The van der Waals surface area contributed by atoms with E-state index in [4.69, 9.17) is 4.74 Å². The molecule has 0 bridgehead atoms. The fourth-order valence-electron chi connectivity index (χ4n) is 3.90. The van der Waals surface area contributed by atoms with Crippen LogP contribution in [0.15, 0.2) is 41.8 Å². The van der Waals surface area contributed by atoms with Crippen LogP contribution in [0.2, 0.25) is 0 Å². The molecular formula is C22H23N3O4S2. The highest BCUT2D eigenvalue weighted by atomic mass is 32.2. The van der Waals surface area contributed by atoms with Crippen molar-refractivity contribution >= 4 is 38.1 Å². The van der Waals surface area contributed by atoms with Crippen LogP contribution in [0.4, 0.5) is 10.8 Å². The van der Waals surface area contributed by atoms with Crippen LogP contribution in [0.5, 0.6) is 5.75 Å². The van der Waals surface area contributed by atoms with Crippen LogP contribution in [0.3, 0.4) is 0 Å². The molecule has 31 heavy (non-hydrogen) atoms. The molecule has 1 amide bonds. The van der Waals surface area contributed by atoms with Crippen molar-refractivity contribution in [2.75, 3.05) is 23.0 Å². The van der Waals surface area contributed by atoms with Crippen molar-refractivity contribution in [1.82, 2.24) is 4.98 Å². The van der Waals surface area contributed by atoms with Crippen LogP contribution in [-0.2, 0) is 16.4 Å². The van der Waals surface area contributed by atoms with E-state index in [1.54, 1.807) is 25.3 Å². The van der Waals surface area contributed by atoms with Crippen LogP contribution in [0, 0.1) is 6.92 Å². The van der Waals surface area contributed by atoms with Crippen molar-refractivity contribution in [1.29, 1.82) is 0 Å². The number of hydrogen-bond acceptors (Lipinski definition) is 6. The van der Waals surface area contributed by atoms with Gasteiger partial charge in [-0.25, -0.2) is 13.4 Å². The number of benzene rings is 2. The summed E-state index contributed by atoms with van der Waals surface area (Å²) >= 11 is 1.34.